The number of rotatable bonds is 1. The number of nitrogens with zero attached hydrogens (tertiary/aromatic N) is 1. The zero-order chi connectivity index (χ0) is 14.3. The number of anilines is 3. The van der Waals surface area contributed by atoms with Gasteiger partial charge < -0.3 is 21.1 Å². The summed E-state index contributed by atoms with van der Waals surface area (Å²) in [6, 6.07) is 3.95. The number of carbonyl (C=O) groups excluding carboxylic acids is 1. The number of hydrogen-bond donors (Lipinski definition) is 3. The molecule has 0 spiro atoms. The zero-order valence-electron chi connectivity index (χ0n) is 11.7. The Labute approximate surface area is 118 Å². The van der Waals surface area contributed by atoms with E-state index in [0.29, 0.717) is 12.1 Å². The van der Waals surface area contributed by atoms with E-state index in [4.69, 9.17) is 5.73 Å². The Kier molecular flexibility index (Phi) is 3.30. The van der Waals surface area contributed by atoms with Gasteiger partial charge in [0, 0.05) is 25.2 Å². The first kappa shape index (κ1) is 13.2. The predicted octanol–water partition coefficient (Wildman–Crippen LogP) is 1.36. The van der Waals surface area contributed by atoms with Gasteiger partial charge in [0.1, 0.15) is 0 Å². The average molecular weight is 275 g/mol. The van der Waals surface area contributed by atoms with Gasteiger partial charge in [-0.25, -0.2) is 0 Å². The maximum atomic E-state index is 11.4. The third-order valence-electron chi connectivity index (χ3n) is 4.35. The van der Waals surface area contributed by atoms with Gasteiger partial charge in [-0.05, 0) is 36.5 Å². The predicted molar refractivity (Wildman–Crippen MR) is 79.8 cm³/mol. The summed E-state index contributed by atoms with van der Waals surface area (Å²) in [4.78, 5) is 13.7. The molecule has 1 saturated heterocycles. The third kappa shape index (κ3) is 2.33. The van der Waals surface area contributed by atoms with Crippen molar-refractivity contribution in [3.05, 3.63) is 17.7 Å². The topological polar surface area (TPSA) is 78.6 Å². The minimum Gasteiger partial charge on any atom is -0.397 e. The van der Waals surface area contributed by atoms with E-state index >= 15 is 0 Å². The molecular formula is C15H21N3O2. The second-order valence-electron chi connectivity index (χ2n) is 5.90. The summed E-state index contributed by atoms with van der Waals surface area (Å²) >= 11 is 0. The van der Waals surface area contributed by atoms with Crippen LogP contribution in [0.1, 0.15) is 25.3 Å². The molecule has 3 rings (SSSR count). The third-order valence-corrected chi connectivity index (χ3v) is 4.35. The largest absolute Gasteiger partial charge is 0.397 e. The van der Waals surface area contributed by atoms with Crippen LogP contribution in [-0.4, -0.2) is 30.2 Å². The van der Waals surface area contributed by atoms with E-state index in [1.54, 1.807) is 0 Å². The number of amides is 1. The SMILES string of the molecule is CC1CN(c2cc3c(cc2N)NC(=O)CC3)CCC1O. The van der Waals surface area contributed by atoms with Crippen molar-refractivity contribution in [1.29, 1.82) is 0 Å². The number of carbonyl (C=O) groups is 1. The summed E-state index contributed by atoms with van der Waals surface area (Å²) in [6.45, 7) is 3.70. The molecule has 2 aliphatic rings. The molecule has 1 aromatic carbocycles. The van der Waals surface area contributed by atoms with E-state index in [9.17, 15) is 9.90 Å². The first-order chi connectivity index (χ1) is 9.54. The standard InChI is InChI=1S/C15H21N3O2/c1-9-8-18(5-4-14(9)19)13-6-10-2-3-15(20)17-12(10)7-11(13)16/h6-7,9,14,19H,2-5,8,16H2,1H3,(H,17,20). The Bertz CT molecular complexity index is 544. The fourth-order valence-electron chi connectivity index (χ4n) is 3.06. The number of nitrogens with one attached hydrogen (secondary N) is 1. The average Bonchev–Trinajstić information content (AvgIpc) is 2.41. The van der Waals surface area contributed by atoms with Crippen LogP contribution in [0, 0.1) is 5.92 Å². The quantitative estimate of drug-likeness (QED) is 0.676. The Morgan fingerprint density at radius 3 is 2.95 bits per heavy atom. The van der Waals surface area contributed by atoms with Crippen molar-refractivity contribution in [2.24, 2.45) is 5.92 Å². The second kappa shape index (κ2) is 4.98. The lowest BCUT2D eigenvalue weighted by molar-refractivity contribution is -0.116. The number of hydrogen-bond acceptors (Lipinski definition) is 4. The van der Waals surface area contributed by atoms with Gasteiger partial charge >= 0.3 is 0 Å². The highest BCUT2D eigenvalue weighted by Crippen LogP contribution is 2.35. The highest BCUT2D eigenvalue weighted by Gasteiger charge is 2.26. The maximum Gasteiger partial charge on any atom is 0.224 e. The van der Waals surface area contributed by atoms with E-state index in [0.717, 1.165) is 42.9 Å². The Morgan fingerprint density at radius 2 is 2.20 bits per heavy atom. The number of nitrogens with two attached hydrogens (primary N) is 1. The van der Waals surface area contributed by atoms with Crippen LogP contribution in [0.2, 0.25) is 0 Å². The number of fused-ring (bicyclic) bond motifs is 1. The summed E-state index contributed by atoms with van der Waals surface area (Å²) in [5.74, 6) is 0.304. The van der Waals surface area contributed by atoms with E-state index < -0.39 is 0 Å². The molecule has 2 heterocycles. The molecule has 1 fully saturated rings. The molecule has 0 saturated carbocycles. The van der Waals surface area contributed by atoms with Crippen LogP contribution in [-0.2, 0) is 11.2 Å². The van der Waals surface area contributed by atoms with E-state index in [1.165, 1.54) is 0 Å². The minimum atomic E-state index is -0.218. The van der Waals surface area contributed by atoms with Crippen molar-refractivity contribution in [2.75, 3.05) is 29.0 Å². The fourth-order valence-corrected chi connectivity index (χ4v) is 3.06. The van der Waals surface area contributed by atoms with Crippen molar-refractivity contribution in [2.45, 2.75) is 32.3 Å². The monoisotopic (exact) mass is 275 g/mol. The molecule has 0 radical (unpaired) electrons. The van der Waals surface area contributed by atoms with Gasteiger partial charge in [0.05, 0.1) is 17.5 Å². The second-order valence-corrected chi connectivity index (χ2v) is 5.90. The van der Waals surface area contributed by atoms with Crippen LogP contribution in [0.25, 0.3) is 0 Å². The Balaban J connectivity index is 1.89. The molecule has 1 aromatic rings. The highest BCUT2D eigenvalue weighted by atomic mass is 16.3. The first-order valence-corrected chi connectivity index (χ1v) is 7.20. The molecule has 0 bridgehead atoms. The van der Waals surface area contributed by atoms with Crippen LogP contribution in [0.15, 0.2) is 12.1 Å². The molecule has 5 nitrogen and oxygen atoms in total. The number of aliphatic hydroxyl groups is 1. The maximum absolute atomic E-state index is 11.4. The lowest BCUT2D eigenvalue weighted by atomic mass is 9.95. The van der Waals surface area contributed by atoms with Crippen molar-refractivity contribution in [1.82, 2.24) is 0 Å². The number of aliphatic hydroxyl groups excluding tert-OH is 1. The number of piperidine rings is 1. The van der Waals surface area contributed by atoms with Gasteiger partial charge in [-0.1, -0.05) is 6.92 Å². The molecule has 5 heteroatoms. The lowest BCUT2D eigenvalue weighted by Gasteiger charge is -2.37. The molecule has 4 N–H and O–H groups in total. The Hall–Kier alpha value is -1.75. The molecule has 0 aromatic heterocycles. The normalized spacial score (nSPS) is 26.1. The lowest BCUT2D eigenvalue weighted by Crippen LogP contribution is -2.42. The van der Waals surface area contributed by atoms with Crippen molar-refractivity contribution >= 4 is 23.0 Å². The van der Waals surface area contributed by atoms with Crippen LogP contribution >= 0.6 is 0 Å². The van der Waals surface area contributed by atoms with Crippen LogP contribution in [0.3, 0.4) is 0 Å². The van der Waals surface area contributed by atoms with E-state index in [2.05, 4.69) is 23.2 Å². The van der Waals surface area contributed by atoms with Gasteiger partial charge in [-0.2, -0.15) is 0 Å². The smallest absolute Gasteiger partial charge is 0.224 e. The minimum absolute atomic E-state index is 0.0550. The van der Waals surface area contributed by atoms with Crippen molar-refractivity contribution in [3.8, 4) is 0 Å². The van der Waals surface area contributed by atoms with Crippen molar-refractivity contribution in [3.63, 3.8) is 0 Å². The summed E-state index contributed by atoms with van der Waals surface area (Å²) in [7, 11) is 0. The molecule has 108 valence electrons. The summed E-state index contributed by atoms with van der Waals surface area (Å²) in [6.07, 6.45) is 1.85. The van der Waals surface area contributed by atoms with E-state index in [-0.39, 0.29) is 17.9 Å². The molecule has 2 aliphatic heterocycles. The molecular weight excluding hydrogens is 254 g/mol. The zero-order valence-corrected chi connectivity index (χ0v) is 11.7. The molecule has 2 atom stereocenters. The number of benzene rings is 1. The van der Waals surface area contributed by atoms with Gasteiger partial charge in [-0.15, -0.1) is 0 Å². The first-order valence-electron chi connectivity index (χ1n) is 7.20. The van der Waals surface area contributed by atoms with Crippen molar-refractivity contribution < 1.29 is 9.90 Å². The van der Waals surface area contributed by atoms with Crippen LogP contribution in [0.5, 0.6) is 0 Å². The molecule has 20 heavy (non-hydrogen) atoms. The van der Waals surface area contributed by atoms with Gasteiger partial charge in [0.25, 0.3) is 0 Å². The van der Waals surface area contributed by atoms with Gasteiger partial charge in [0.2, 0.25) is 5.91 Å². The number of nitrogen functional groups attached to an aromatic ring is 1. The molecule has 0 aliphatic carbocycles. The van der Waals surface area contributed by atoms with E-state index in [1.807, 2.05) is 6.07 Å². The fraction of sp³-hybridized carbons (Fsp3) is 0.533. The molecule has 1 amide bonds. The summed E-state index contributed by atoms with van der Waals surface area (Å²) < 4.78 is 0. The Morgan fingerprint density at radius 1 is 1.40 bits per heavy atom. The van der Waals surface area contributed by atoms with Crippen LogP contribution < -0.4 is 16.0 Å². The summed E-state index contributed by atoms with van der Waals surface area (Å²) in [5, 5.41) is 12.7. The number of aryl methyl sites for hydroxylation is 1. The van der Waals surface area contributed by atoms with Gasteiger partial charge in [0.15, 0.2) is 0 Å². The molecule has 2 unspecified atom stereocenters. The highest BCUT2D eigenvalue weighted by molar-refractivity contribution is 5.95. The van der Waals surface area contributed by atoms with Gasteiger partial charge in [-0.3, -0.25) is 4.79 Å². The van der Waals surface area contributed by atoms with Crippen LogP contribution in [0.4, 0.5) is 17.1 Å². The summed E-state index contributed by atoms with van der Waals surface area (Å²) in [5.41, 5.74) is 9.85.